The van der Waals surface area contributed by atoms with Crippen LogP contribution in [0.4, 0.5) is 0 Å². The Labute approximate surface area is 98.7 Å². The molecule has 0 bridgehead atoms. The van der Waals surface area contributed by atoms with Crippen LogP contribution >= 0.6 is 0 Å². The fourth-order valence-corrected chi connectivity index (χ4v) is 1.06. The summed E-state index contributed by atoms with van der Waals surface area (Å²) >= 11 is 0. The van der Waals surface area contributed by atoms with E-state index >= 15 is 0 Å². The number of carbonyl (C=O) groups is 2. The number of methoxy groups -OCH3 is 1. The first-order valence-corrected chi connectivity index (χ1v) is 4.93. The smallest absolute Gasteiger partial charge is 0.258 e. The normalized spacial score (nSPS) is 9.47. The number of primary amides is 1. The van der Waals surface area contributed by atoms with Crippen molar-refractivity contribution < 1.29 is 19.1 Å². The van der Waals surface area contributed by atoms with E-state index in [4.69, 9.17) is 15.2 Å². The predicted octanol–water partition coefficient (Wildman–Crippen LogP) is -0.324. The second-order valence-electron chi connectivity index (χ2n) is 3.21. The topological polar surface area (TPSA) is 90.7 Å². The molecule has 0 unspecified atom stereocenters. The zero-order chi connectivity index (χ0) is 12.7. The number of rotatable bonds is 6. The zero-order valence-electron chi connectivity index (χ0n) is 9.43. The molecule has 0 saturated heterocycles. The molecule has 1 aromatic rings. The van der Waals surface area contributed by atoms with Crippen molar-refractivity contribution in [2.24, 2.45) is 5.73 Å². The van der Waals surface area contributed by atoms with Crippen LogP contribution in [-0.4, -0.2) is 32.1 Å². The number of carbonyl (C=O) groups excluding carboxylic acids is 2. The highest BCUT2D eigenvalue weighted by atomic mass is 16.5. The summed E-state index contributed by atoms with van der Waals surface area (Å²) in [6.45, 7) is -0.357. The maximum atomic E-state index is 11.2. The number of amides is 2. The Morgan fingerprint density at radius 2 is 1.82 bits per heavy atom. The Bertz CT molecular complexity index is 389. The summed E-state index contributed by atoms with van der Waals surface area (Å²) in [7, 11) is 1.56. The third-order valence-electron chi connectivity index (χ3n) is 1.89. The predicted molar refractivity (Wildman–Crippen MR) is 60.7 cm³/mol. The van der Waals surface area contributed by atoms with Crippen LogP contribution in [-0.2, 0) is 9.59 Å². The number of nitrogens with two attached hydrogens (primary N) is 1. The van der Waals surface area contributed by atoms with E-state index in [0.29, 0.717) is 11.5 Å². The first kappa shape index (κ1) is 12.8. The van der Waals surface area contributed by atoms with Crippen LogP contribution in [0.25, 0.3) is 0 Å². The van der Waals surface area contributed by atoms with Gasteiger partial charge in [0.25, 0.3) is 5.91 Å². The molecule has 0 heterocycles. The van der Waals surface area contributed by atoms with Gasteiger partial charge in [-0.25, -0.2) is 0 Å². The van der Waals surface area contributed by atoms with Gasteiger partial charge in [0, 0.05) is 0 Å². The molecule has 0 saturated carbocycles. The monoisotopic (exact) mass is 238 g/mol. The summed E-state index contributed by atoms with van der Waals surface area (Å²) in [5, 5.41) is 2.31. The van der Waals surface area contributed by atoms with Crippen molar-refractivity contribution in [1.29, 1.82) is 0 Å². The van der Waals surface area contributed by atoms with Gasteiger partial charge in [0.2, 0.25) is 5.91 Å². The fourth-order valence-electron chi connectivity index (χ4n) is 1.06. The van der Waals surface area contributed by atoms with Crippen LogP contribution in [0, 0.1) is 0 Å². The van der Waals surface area contributed by atoms with Gasteiger partial charge in [-0.3, -0.25) is 9.59 Å². The van der Waals surface area contributed by atoms with E-state index in [1.54, 1.807) is 31.4 Å². The van der Waals surface area contributed by atoms with Crippen molar-refractivity contribution in [2.75, 3.05) is 20.3 Å². The third kappa shape index (κ3) is 4.87. The number of hydrogen-bond donors (Lipinski definition) is 2. The van der Waals surface area contributed by atoms with Gasteiger partial charge in [0.05, 0.1) is 13.7 Å². The van der Waals surface area contributed by atoms with E-state index in [0.717, 1.165) is 0 Å². The van der Waals surface area contributed by atoms with E-state index in [2.05, 4.69) is 5.32 Å². The molecular weight excluding hydrogens is 224 g/mol. The van der Waals surface area contributed by atoms with Crippen LogP contribution < -0.4 is 20.5 Å². The van der Waals surface area contributed by atoms with Gasteiger partial charge in [0.1, 0.15) is 11.5 Å². The number of hydrogen-bond acceptors (Lipinski definition) is 4. The lowest BCUT2D eigenvalue weighted by molar-refractivity contribution is -0.126. The van der Waals surface area contributed by atoms with Crippen molar-refractivity contribution >= 4 is 11.8 Å². The maximum Gasteiger partial charge on any atom is 0.258 e. The molecule has 0 atom stereocenters. The lowest BCUT2D eigenvalue weighted by Crippen LogP contribution is -2.36. The molecule has 0 aliphatic carbocycles. The molecule has 3 N–H and O–H groups in total. The van der Waals surface area contributed by atoms with Crippen LogP contribution in [0.5, 0.6) is 11.5 Å². The highest BCUT2D eigenvalue weighted by Gasteiger charge is 2.03. The average molecular weight is 238 g/mol. The number of benzene rings is 1. The second-order valence-corrected chi connectivity index (χ2v) is 3.21. The molecule has 0 radical (unpaired) electrons. The summed E-state index contributed by atoms with van der Waals surface area (Å²) in [6, 6.07) is 6.80. The molecule has 6 heteroatoms. The van der Waals surface area contributed by atoms with Gasteiger partial charge in [-0.1, -0.05) is 0 Å². The Kier molecular flexibility index (Phi) is 4.80. The quantitative estimate of drug-likeness (QED) is 0.710. The Hall–Kier alpha value is -2.24. The van der Waals surface area contributed by atoms with Crippen molar-refractivity contribution in [3.8, 4) is 11.5 Å². The van der Waals surface area contributed by atoms with Crippen LogP contribution in [0.3, 0.4) is 0 Å². The highest BCUT2D eigenvalue weighted by molar-refractivity contribution is 5.84. The average Bonchev–Trinajstić information content (AvgIpc) is 2.34. The standard InChI is InChI=1S/C11H14N2O4/c1-16-8-2-4-9(5-3-8)17-7-11(15)13-6-10(12)14/h2-5H,6-7H2,1H3,(H2,12,14)(H,13,15). The van der Waals surface area contributed by atoms with Gasteiger partial charge in [0.15, 0.2) is 6.61 Å². The minimum absolute atomic E-state index is 0.167. The lowest BCUT2D eigenvalue weighted by atomic mass is 10.3. The summed E-state index contributed by atoms with van der Waals surface area (Å²) < 4.78 is 10.2. The van der Waals surface area contributed by atoms with Gasteiger partial charge in [-0.05, 0) is 24.3 Å². The largest absolute Gasteiger partial charge is 0.497 e. The molecule has 6 nitrogen and oxygen atoms in total. The summed E-state index contributed by atoms with van der Waals surface area (Å²) in [4.78, 5) is 21.6. The van der Waals surface area contributed by atoms with Crippen LogP contribution in [0.2, 0.25) is 0 Å². The van der Waals surface area contributed by atoms with Gasteiger partial charge in [-0.2, -0.15) is 0 Å². The molecule has 0 aliphatic heterocycles. The van der Waals surface area contributed by atoms with E-state index < -0.39 is 11.8 Å². The third-order valence-corrected chi connectivity index (χ3v) is 1.89. The Morgan fingerprint density at radius 1 is 1.24 bits per heavy atom. The minimum Gasteiger partial charge on any atom is -0.497 e. The van der Waals surface area contributed by atoms with E-state index in [1.807, 2.05) is 0 Å². The zero-order valence-corrected chi connectivity index (χ0v) is 9.43. The Morgan fingerprint density at radius 3 is 2.35 bits per heavy atom. The molecule has 0 aliphatic rings. The number of nitrogens with one attached hydrogen (secondary N) is 1. The molecule has 1 aromatic carbocycles. The Balaban J connectivity index is 2.34. The molecule has 0 fully saturated rings. The first-order valence-electron chi connectivity index (χ1n) is 4.93. The van der Waals surface area contributed by atoms with Crippen molar-refractivity contribution in [2.45, 2.75) is 0 Å². The van der Waals surface area contributed by atoms with Crippen molar-refractivity contribution in [3.63, 3.8) is 0 Å². The summed E-state index contributed by atoms with van der Waals surface area (Å²) in [6.07, 6.45) is 0. The molecule has 0 spiro atoms. The molecular formula is C11H14N2O4. The van der Waals surface area contributed by atoms with E-state index in [-0.39, 0.29) is 13.2 Å². The molecule has 92 valence electrons. The minimum atomic E-state index is -0.595. The summed E-state index contributed by atoms with van der Waals surface area (Å²) in [5.74, 6) is 0.248. The highest BCUT2D eigenvalue weighted by Crippen LogP contribution is 2.16. The maximum absolute atomic E-state index is 11.2. The lowest BCUT2D eigenvalue weighted by Gasteiger charge is -2.06. The fraction of sp³-hybridized carbons (Fsp3) is 0.273. The molecule has 1 rings (SSSR count). The SMILES string of the molecule is COc1ccc(OCC(=O)NCC(N)=O)cc1. The number of ether oxygens (including phenoxy) is 2. The van der Waals surface area contributed by atoms with Gasteiger partial charge in [-0.15, -0.1) is 0 Å². The van der Waals surface area contributed by atoms with E-state index in [1.165, 1.54) is 0 Å². The van der Waals surface area contributed by atoms with Gasteiger partial charge < -0.3 is 20.5 Å². The first-order chi connectivity index (χ1) is 8.11. The van der Waals surface area contributed by atoms with Gasteiger partial charge >= 0.3 is 0 Å². The second kappa shape index (κ2) is 6.37. The molecule has 0 aromatic heterocycles. The molecule has 2 amide bonds. The van der Waals surface area contributed by atoms with Crippen LogP contribution in [0.15, 0.2) is 24.3 Å². The van der Waals surface area contributed by atoms with Crippen LogP contribution in [0.1, 0.15) is 0 Å². The summed E-state index contributed by atoms with van der Waals surface area (Å²) in [5.41, 5.74) is 4.87. The van der Waals surface area contributed by atoms with E-state index in [9.17, 15) is 9.59 Å². The molecule has 17 heavy (non-hydrogen) atoms. The van der Waals surface area contributed by atoms with Crippen molar-refractivity contribution in [1.82, 2.24) is 5.32 Å². The van der Waals surface area contributed by atoms with Crippen molar-refractivity contribution in [3.05, 3.63) is 24.3 Å².